The standard InChI is InChI=1S/C14H13BrClN3O/c1-8-2-5-12(19-17)10(6-8)14(20)18-13-7-9(15)3-4-11(13)16/h2-7,19H,17H2,1H3,(H,18,20). The first-order valence-electron chi connectivity index (χ1n) is 5.85. The number of carbonyl (C=O) groups excluding carboxylic acids is 1. The molecule has 0 aliphatic carbocycles. The summed E-state index contributed by atoms with van der Waals surface area (Å²) < 4.78 is 0.832. The maximum Gasteiger partial charge on any atom is 0.257 e. The molecule has 0 saturated heterocycles. The number of hydrogen-bond acceptors (Lipinski definition) is 3. The van der Waals surface area contributed by atoms with Gasteiger partial charge in [-0.05, 0) is 37.3 Å². The molecule has 0 saturated carbocycles. The van der Waals surface area contributed by atoms with E-state index in [0.717, 1.165) is 10.0 Å². The second kappa shape index (κ2) is 6.26. The molecular formula is C14H13BrClN3O. The van der Waals surface area contributed by atoms with Crippen molar-refractivity contribution >= 4 is 44.8 Å². The van der Waals surface area contributed by atoms with Gasteiger partial charge in [0.25, 0.3) is 5.91 Å². The highest BCUT2D eigenvalue weighted by atomic mass is 79.9. The van der Waals surface area contributed by atoms with Crippen molar-refractivity contribution in [1.29, 1.82) is 0 Å². The summed E-state index contributed by atoms with van der Waals surface area (Å²) >= 11 is 9.40. The maximum atomic E-state index is 12.3. The Bertz CT molecular complexity index is 661. The number of nitrogens with one attached hydrogen (secondary N) is 2. The average molecular weight is 355 g/mol. The van der Waals surface area contributed by atoms with Gasteiger partial charge in [0, 0.05) is 4.47 Å². The van der Waals surface area contributed by atoms with Gasteiger partial charge in [-0.1, -0.05) is 39.2 Å². The lowest BCUT2D eigenvalue weighted by Gasteiger charge is -2.11. The van der Waals surface area contributed by atoms with Gasteiger partial charge in [0.1, 0.15) is 0 Å². The molecule has 0 aliphatic heterocycles. The van der Waals surface area contributed by atoms with E-state index in [1.54, 1.807) is 30.3 Å². The number of carbonyl (C=O) groups is 1. The highest BCUT2D eigenvalue weighted by Gasteiger charge is 2.13. The van der Waals surface area contributed by atoms with Gasteiger partial charge in [0.05, 0.1) is 22.0 Å². The minimum Gasteiger partial charge on any atom is -0.323 e. The van der Waals surface area contributed by atoms with Crippen LogP contribution in [0.25, 0.3) is 0 Å². The van der Waals surface area contributed by atoms with E-state index in [0.29, 0.717) is 22.0 Å². The molecule has 4 nitrogen and oxygen atoms in total. The Kier molecular flexibility index (Phi) is 4.65. The molecule has 20 heavy (non-hydrogen) atoms. The summed E-state index contributed by atoms with van der Waals surface area (Å²) in [6.07, 6.45) is 0. The summed E-state index contributed by atoms with van der Waals surface area (Å²) in [4.78, 5) is 12.3. The molecule has 0 unspecified atom stereocenters. The third-order valence-corrected chi connectivity index (χ3v) is 3.57. The highest BCUT2D eigenvalue weighted by molar-refractivity contribution is 9.10. The second-order valence-corrected chi connectivity index (χ2v) is 5.59. The van der Waals surface area contributed by atoms with Gasteiger partial charge in [-0.3, -0.25) is 10.6 Å². The molecular weight excluding hydrogens is 342 g/mol. The van der Waals surface area contributed by atoms with Gasteiger partial charge in [0.15, 0.2) is 0 Å². The Balaban J connectivity index is 2.32. The number of halogens is 2. The number of aryl methyl sites for hydroxylation is 1. The van der Waals surface area contributed by atoms with E-state index >= 15 is 0 Å². The van der Waals surface area contributed by atoms with Crippen LogP contribution in [0.5, 0.6) is 0 Å². The van der Waals surface area contributed by atoms with Crippen molar-refractivity contribution in [3.05, 3.63) is 57.0 Å². The first kappa shape index (κ1) is 14.8. The zero-order valence-corrected chi connectivity index (χ0v) is 13.0. The lowest BCUT2D eigenvalue weighted by Crippen LogP contribution is -2.17. The largest absolute Gasteiger partial charge is 0.323 e. The smallest absolute Gasteiger partial charge is 0.257 e. The fraction of sp³-hybridized carbons (Fsp3) is 0.0714. The van der Waals surface area contributed by atoms with Gasteiger partial charge in [-0.25, -0.2) is 0 Å². The molecule has 4 N–H and O–H groups in total. The topological polar surface area (TPSA) is 67.1 Å². The molecule has 6 heteroatoms. The molecule has 0 fully saturated rings. The number of anilines is 2. The van der Waals surface area contributed by atoms with Crippen LogP contribution in [0.1, 0.15) is 15.9 Å². The fourth-order valence-electron chi connectivity index (χ4n) is 1.75. The Morgan fingerprint density at radius 3 is 2.65 bits per heavy atom. The van der Waals surface area contributed by atoms with Crippen LogP contribution in [-0.2, 0) is 0 Å². The molecule has 0 aromatic heterocycles. The van der Waals surface area contributed by atoms with Crippen molar-refractivity contribution in [2.45, 2.75) is 6.92 Å². The second-order valence-electron chi connectivity index (χ2n) is 4.27. The van der Waals surface area contributed by atoms with E-state index in [1.807, 2.05) is 13.0 Å². The van der Waals surface area contributed by atoms with Gasteiger partial charge < -0.3 is 10.7 Å². The summed E-state index contributed by atoms with van der Waals surface area (Å²) in [5.41, 5.74) is 5.03. The Labute approximate surface area is 130 Å². The molecule has 0 spiro atoms. The van der Waals surface area contributed by atoms with E-state index in [1.165, 1.54) is 0 Å². The Morgan fingerprint density at radius 2 is 1.95 bits per heavy atom. The Hall–Kier alpha value is -1.56. The zero-order valence-electron chi connectivity index (χ0n) is 10.7. The van der Waals surface area contributed by atoms with Crippen molar-refractivity contribution < 1.29 is 4.79 Å². The lowest BCUT2D eigenvalue weighted by atomic mass is 10.1. The first-order valence-corrected chi connectivity index (χ1v) is 7.02. The monoisotopic (exact) mass is 353 g/mol. The number of rotatable bonds is 3. The molecule has 0 atom stereocenters. The van der Waals surface area contributed by atoms with Gasteiger partial charge >= 0.3 is 0 Å². The number of hydrogen-bond donors (Lipinski definition) is 3. The minimum atomic E-state index is -0.276. The maximum absolute atomic E-state index is 12.3. The summed E-state index contributed by atoms with van der Waals surface area (Å²) in [5, 5.41) is 3.24. The summed E-state index contributed by atoms with van der Waals surface area (Å²) in [6.45, 7) is 1.91. The van der Waals surface area contributed by atoms with Crippen molar-refractivity contribution in [1.82, 2.24) is 0 Å². The van der Waals surface area contributed by atoms with E-state index < -0.39 is 0 Å². The Morgan fingerprint density at radius 1 is 1.20 bits per heavy atom. The quantitative estimate of drug-likeness (QED) is 0.577. The number of amides is 1. The van der Waals surface area contributed by atoms with Crippen LogP contribution in [-0.4, -0.2) is 5.91 Å². The molecule has 0 bridgehead atoms. The molecule has 0 aliphatic rings. The molecule has 0 heterocycles. The van der Waals surface area contributed by atoms with Crippen LogP contribution in [0.15, 0.2) is 40.9 Å². The number of benzene rings is 2. The van der Waals surface area contributed by atoms with Gasteiger partial charge in [-0.2, -0.15) is 0 Å². The predicted octanol–water partition coefficient (Wildman–Crippen LogP) is 3.95. The zero-order chi connectivity index (χ0) is 14.7. The van der Waals surface area contributed by atoms with Crippen molar-refractivity contribution in [2.75, 3.05) is 10.7 Å². The first-order chi connectivity index (χ1) is 9.51. The van der Waals surface area contributed by atoms with Crippen molar-refractivity contribution in [3.8, 4) is 0 Å². The van der Waals surface area contributed by atoms with Crippen LogP contribution in [0, 0.1) is 6.92 Å². The average Bonchev–Trinajstić information content (AvgIpc) is 2.42. The SMILES string of the molecule is Cc1ccc(NN)c(C(=O)Nc2cc(Br)ccc2Cl)c1. The van der Waals surface area contributed by atoms with Gasteiger partial charge in [-0.15, -0.1) is 0 Å². The van der Waals surface area contributed by atoms with E-state index in [2.05, 4.69) is 26.7 Å². The molecule has 2 aromatic carbocycles. The molecule has 1 amide bonds. The van der Waals surface area contributed by atoms with Crippen LogP contribution in [0.4, 0.5) is 11.4 Å². The number of nitrogens with two attached hydrogens (primary N) is 1. The minimum absolute atomic E-state index is 0.276. The molecule has 2 rings (SSSR count). The molecule has 0 radical (unpaired) electrons. The van der Waals surface area contributed by atoms with E-state index in [4.69, 9.17) is 17.4 Å². The molecule has 2 aromatic rings. The summed E-state index contributed by atoms with van der Waals surface area (Å²) in [7, 11) is 0. The van der Waals surface area contributed by atoms with Crippen LogP contribution >= 0.6 is 27.5 Å². The fourth-order valence-corrected chi connectivity index (χ4v) is 2.28. The highest BCUT2D eigenvalue weighted by Crippen LogP contribution is 2.27. The third-order valence-electron chi connectivity index (χ3n) is 2.75. The van der Waals surface area contributed by atoms with Gasteiger partial charge in [0.2, 0.25) is 0 Å². The summed E-state index contributed by atoms with van der Waals surface area (Å²) in [6, 6.07) is 10.6. The van der Waals surface area contributed by atoms with Crippen LogP contribution < -0.4 is 16.6 Å². The van der Waals surface area contributed by atoms with E-state index in [-0.39, 0.29) is 5.91 Å². The van der Waals surface area contributed by atoms with Crippen molar-refractivity contribution in [3.63, 3.8) is 0 Å². The van der Waals surface area contributed by atoms with E-state index in [9.17, 15) is 4.79 Å². The summed E-state index contributed by atoms with van der Waals surface area (Å²) in [5.74, 6) is 5.15. The van der Waals surface area contributed by atoms with Crippen molar-refractivity contribution in [2.24, 2.45) is 5.84 Å². The predicted molar refractivity (Wildman–Crippen MR) is 86.1 cm³/mol. The molecule has 104 valence electrons. The normalized spacial score (nSPS) is 10.2. The van der Waals surface area contributed by atoms with Crippen LogP contribution in [0.2, 0.25) is 5.02 Å². The lowest BCUT2D eigenvalue weighted by molar-refractivity contribution is 0.102. The van der Waals surface area contributed by atoms with Crippen LogP contribution in [0.3, 0.4) is 0 Å². The number of nitrogen functional groups attached to an aromatic ring is 1. The number of hydrazine groups is 1. The third kappa shape index (κ3) is 3.30.